The number of rotatable bonds is 7. The Hall–Kier alpha value is -2.86. The zero-order valence-electron chi connectivity index (χ0n) is 16.2. The second-order valence-electron chi connectivity index (χ2n) is 6.89. The zero-order chi connectivity index (χ0) is 19.9. The van der Waals surface area contributed by atoms with Gasteiger partial charge in [0.25, 0.3) is 5.91 Å². The number of hydrogen-bond acceptors (Lipinski definition) is 5. The Labute approximate surface area is 164 Å². The molecule has 2 aromatic rings. The van der Waals surface area contributed by atoms with Gasteiger partial charge in [0.05, 0.1) is 11.7 Å². The van der Waals surface area contributed by atoms with Crippen molar-refractivity contribution in [3.05, 3.63) is 59.2 Å². The molecule has 148 valence electrons. The summed E-state index contributed by atoms with van der Waals surface area (Å²) in [6.07, 6.45) is 2.21. The van der Waals surface area contributed by atoms with Crippen molar-refractivity contribution in [3.63, 3.8) is 0 Å². The molecule has 0 radical (unpaired) electrons. The SMILES string of the molecule is Cc1ccc(NC(=O)COC(=O)c2ccc(OC[C@@H]3CCCO3)cc2)cc1C. The van der Waals surface area contributed by atoms with Gasteiger partial charge in [0.2, 0.25) is 0 Å². The van der Waals surface area contributed by atoms with Crippen LogP contribution in [0.25, 0.3) is 0 Å². The van der Waals surface area contributed by atoms with Crippen molar-refractivity contribution in [2.24, 2.45) is 0 Å². The Kier molecular flexibility index (Phi) is 6.66. The number of benzene rings is 2. The number of carbonyl (C=O) groups excluding carboxylic acids is 2. The number of ether oxygens (including phenoxy) is 3. The van der Waals surface area contributed by atoms with Gasteiger partial charge in [-0.15, -0.1) is 0 Å². The minimum atomic E-state index is -0.555. The summed E-state index contributed by atoms with van der Waals surface area (Å²) < 4.78 is 16.3. The van der Waals surface area contributed by atoms with Crippen molar-refractivity contribution in [2.45, 2.75) is 32.8 Å². The first-order valence-electron chi connectivity index (χ1n) is 9.40. The summed E-state index contributed by atoms with van der Waals surface area (Å²) >= 11 is 0. The molecule has 1 fully saturated rings. The maximum atomic E-state index is 12.1. The summed E-state index contributed by atoms with van der Waals surface area (Å²) in [5, 5.41) is 2.72. The lowest BCUT2D eigenvalue weighted by Crippen LogP contribution is -2.21. The lowest BCUT2D eigenvalue weighted by atomic mass is 10.1. The molecule has 1 amide bonds. The van der Waals surface area contributed by atoms with E-state index >= 15 is 0 Å². The highest BCUT2D eigenvalue weighted by Crippen LogP contribution is 2.17. The van der Waals surface area contributed by atoms with Crippen LogP contribution in [-0.2, 0) is 14.3 Å². The monoisotopic (exact) mass is 383 g/mol. The Morgan fingerprint density at radius 3 is 2.57 bits per heavy atom. The third-order valence-corrected chi connectivity index (χ3v) is 4.67. The van der Waals surface area contributed by atoms with Crippen LogP contribution in [-0.4, -0.2) is 37.8 Å². The van der Waals surface area contributed by atoms with Gasteiger partial charge in [0, 0.05) is 12.3 Å². The van der Waals surface area contributed by atoms with Gasteiger partial charge in [-0.2, -0.15) is 0 Å². The normalized spacial score (nSPS) is 15.9. The Morgan fingerprint density at radius 1 is 1.11 bits per heavy atom. The van der Waals surface area contributed by atoms with Crippen LogP contribution in [0.1, 0.15) is 34.3 Å². The topological polar surface area (TPSA) is 73.9 Å². The molecule has 1 aliphatic heterocycles. The van der Waals surface area contributed by atoms with Crippen molar-refractivity contribution < 1.29 is 23.8 Å². The number of hydrogen-bond donors (Lipinski definition) is 1. The van der Waals surface area contributed by atoms with Gasteiger partial charge in [0.1, 0.15) is 12.4 Å². The average molecular weight is 383 g/mol. The van der Waals surface area contributed by atoms with E-state index in [1.165, 1.54) is 0 Å². The van der Waals surface area contributed by atoms with Crippen LogP contribution in [0.3, 0.4) is 0 Å². The third kappa shape index (κ3) is 5.57. The molecule has 0 aliphatic carbocycles. The molecule has 0 saturated carbocycles. The van der Waals surface area contributed by atoms with E-state index in [9.17, 15) is 9.59 Å². The van der Waals surface area contributed by atoms with E-state index in [0.29, 0.717) is 23.6 Å². The van der Waals surface area contributed by atoms with E-state index in [2.05, 4.69) is 5.32 Å². The second-order valence-corrected chi connectivity index (χ2v) is 6.89. The Balaban J connectivity index is 1.44. The first-order valence-corrected chi connectivity index (χ1v) is 9.40. The number of amides is 1. The van der Waals surface area contributed by atoms with Crippen molar-refractivity contribution in [1.82, 2.24) is 0 Å². The number of esters is 1. The molecule has 0 spiro atoms. The molecule has 3 rings (SSSR count). The van der Waals surface area contributed by atoms with Crippen molar-refractivity contribution in [3.8, 4) is 5.75 Å². The summed E-state index contributed by atoms with van der Waals surface area (Å²) in [6, 6.07) is 12.3. The van der Waals surface area contributed by atoms with Crippen LogP contribution in [0.2, 0.25) is 0 Å². The third-order valence-electron chi connectivity index (χ3n) is 4.67. The van der Waals surface area contributed by atoms with Crippen LogP contribution in [0, 0.1) is 13.8 Å². The Morgan fingerprint density at radius 2 is 1.89 bits per heavy atom. The lowest BCUT2D eigenvalue weighted by Gasteiger charge is -2.11. The number of nitrogens with one attached hydrogen (secondary N) is 1. The lowest BCUT2D eigenvalue weighted by molar-refractivity contribution is -0.119. The fourth-order valence-electron chi connectivity index (χ4n) is 2.88. The standard InChI is InChI=1S/C22H25NO5/c1-15-5-8-18(12-16(15)2)23-21(24)14-28-22(25)17-6-9-19(10-7-17)27-13-20-4-3-11-26-20/h5-10,12,20H,3-4,11,13-14H2,1-2H3,(H,23,24)/t20-/m0/s1. The molecule has 0 unspecified atom stereocenters. The van der Waals surface area contributed by atoms with Gasteiger partial charge in [-0.05, 0) is 74.2 Å². The second kappa shape index (κ2) is 9.37. The van der Waals surface area contributed by atoms with Crippen molar-refractivity contribution in [2.75, 3.05) is 25.1 Å². The van der Waals surface area contributed by atoms with Gasteiger partial charge in [-0.1, -0.05) is 6.07 Å². The summed E-state index contributed by atoms with van der Waals surface area (Å²) in [5.41, 5.74) is 3.27. The van der Waals surface area contributed by atoms with Gasteiger partial charge < -0.3 is 19.5 Å². The van der Waals surface area contributed by atoms with Crippen LogP contribution in [0.5, 0.6) is 5.75 Å². The summed E-state index contributed by atoms with van der Waals surface area (Å²) in [6.45, 7) is 4.92. The molecule has 1 saturated heterocycles. The molecule has 0 aromatic heterocycles. The highest BCUT2D eigenvalue weighted by molar-refractivity contribution is 5.95. The first-order chi connectivity index (χ1) is 13.5. The van der Waals surface area contributed by atoms with E-state index in [4.69, 9.17) is 14.2 Å². The molecule has 2 aromatic carbocycles. The molecule has 1 heterocycles. The van der Waals surface area contributed by atoms with Gasteiger partial charge in [-0.3, -0.25) is 4.79 Å². The van der Waals surface area contributed by atoms with E-state index in [1.807, 2.05) is 32.0 Å². The van der Waals surface area contributed by atoms with E-state index in [0.717, 1.165) is 30.6 Å². The molecular weight excluding hydrogens is 358 g/mol. The van der Waals surface area contributed by atoms with E-state index in [-0.39, 0.29) is 18.6 Å². The van der Waals surface area contributed by atoms with Crippen LogP contribution >= 0.6 is 0 Å². The molecule has 0 bridgehead atoms. The molecule has 1 N–H and O–H groups in total. The van der Waals surface area contributed by atoms with Crippen molar-refractivity contribution in [1.29, 1.82) is 0 Å². The highest BCUT2D eigenvalue weighted by Gasteiger charge is 2.16. The van der Waals surface area contributed by atoms with Gasteiger partial charge in [0.15, 0.2) is 6.61 Å². The number of anilines is 1. The maximum Gasteiger partial charge on any atom is 0.338 e. The predicted octanol–water partition coefficient (Wildman–Crippen LogP) is 3.66. The van der Waals surface area contributed by atoms with E-state index < -0.39 is 5.97 Å². The van der Waals surface area contributed by atoms with Crippen LogP contribution in [0.15, 0.2) is 42.5 Å². The Bertz CT molecular complexity index is 825. The number of carbonyl (C=O) groups is 2. The molecular formula is C22H25NO5. The summed E-state index contributed by atoms with van der Waals surface area (Å²) in [7, 11) is 0. The fraction of sp³-hybridized carbons (Fsp3) is 0.364. The minimum Gasteiger partial charge on any atom is -0.491 e. The average Bonchev–Trinajstić information content (AvgIpc) is 3.21. The van der Waals surface area contributed by atoms with Crippen LogP contribution in [0.4, 0.5) is 5.69 Å². The predicted molar refractivity (Wildman–Crippen MR) is 106 cm³/mol. The quantitative estimate of drug-likeness (QED) is 0.739. The maximum absolute atomic E-state index is 12.1. The smallest absolute Gasteiger partial charge is 0.338 e. The molecule has 28 heavy (non-hydrogen) atoms. The largest absolute Gasteiger partial charge is 0.491 e. The van der Waals surface area contributed by atoms with Crippen LogP contribution < -0.4 is 10.1 Å². The van der Waals surface area contributed by atoms with Crippen molar-refractivity contribution >= 4 is 17.6 Å². The summed E-state index contributed by atoms with van der Waals surface area (Å²) in [5.74, 6) is -0.270. The van der Waals surface area contributed by atoms with E-state index in [1.54, 1.807) is 24.3 Å². The number of aryl methyl sites for hydroxylation is 2. The first kappa shape index (κ1) is 19.9. The molecule has 1 atom stereocenters. The minimum absolute atomic E-state index is 0.139. The molecule has 6 heteroatoms. The highest BCUT2D eigenvalue weighted by atomic mass is 16.5. The van der Waals surface area contributed by atoms with Gasteiger partial charge >= 0.3 is 5.97 Å². The molecule has 6 nitrogen and oxygen atoms in total. The zero-order valence-corrected chi connectivity index (χ0v) is 16.2. The molecule has 1 aliphatic rings. The van der Waals surface area contributed by atoms with Gasteiger partial charge in [-0.25, -0.2) is 4.79 Å². The summed E-state index contributed by atoms with van der Waals surface area (Å²) in [4.78, 5) is 24.1. The fourth-order valence-corrected chi connectivity index (χ4v) is 2.88.